The average molecular weight is 235 g/mol. The maximum Gasteiger partial charge on any atom is 0.222 e. The number of anilines is 2. The van der Waals surface area contributed by atoms with Crippen LogP contribution in [0.5, 0.6) is 0 Å². The number of aromatic nitrogens is 2. The van der Waals surface area contributed by atoms with Gasteiger partial charge in [-0.15, -0.1) is 0 Å². The average Bonchev–Trinajstić information content (AvgIpc) is 2.29. The number of piperidine rings is 1. The zero-order valence-corrected chi connectivity index (χ0v) is 9.84. The smallest absolute Gasteiger partial charge is 0.222 e. The Hall–Kier alpha value is -1.85. The fourth-order valence-corrected chi connectivity index (χ4v) is 2.18. The summed E-state index contributed by atoms with van der Waals surface area (Å²) in [5, 5.41) is 0. The second-order valence-corrected chi connectivity index (χ2v) is 4.48. The third-order valence-electron chi connectivity index (χ3n) is 3.25. The number of carbonyl (C=O) groups excluding carboxylic acids is 1. The van der Waals surface area contributed by atoms with E-state index in [2.05, 4.69) is 21.8 Å². The van der Waals surface area contributed by atoms with E-state index in [4.69, 9.17) is 11.5 Å². The maximum atomic E-state index is 11.2. The molecule has 1 fully saturated rings. The Morgan fingerprint density at radius 3 is 2.88 bits per heavy atom. The van der Waals surface area contributed by atoms with Gasteiger partial charge in [0.1, 0.15) is 18.0 Å². The molecule has 6 nitrogen and oxygen atoms in total. The fraction of sp³-hybridized carbons (Fsp3) is 0.545. The molecule has 17 heavy (non-hydrogen) atoms. The summed E-state index contributed by atoms with van der Waals surface area (Å²) in [4.78, 5) is 21.4. The lowest BCUT2D eigenvalue weighted by molar-refractivity contribution is -0.122. The van der Waals surface area contributed by atoms with Gasteiger partial charge in [-0.3, -0.25) is 4.79 Å². The van der Waals surface area contributed by atoms with Crippen molar-refractivity contribution in [2.45, 2.75) is 25.8 Å². The summed E-state index contributed by atoms with van der Waals surface area (Å²) in [6, 6.07) is 2.06. The van der Waals surface area contributed by atoms with Gasteiger partial charge in [0.2, 0.25) is 5.91 Å². The topological polar surface area (TPSA) is 98.1 Å². The summed E-state index contributed by atoms with van der Waals surface area (Å²) in [5.41, 5.74) is 11.0. The summed E-state index contributed by atoms with van der Waals surface area (Å²) in [6.07, 6.45) is 3.20. The Morgan fingerprint density at radius 2 is 2.24 bits per heavy atom. The highest BCUT2D eigenvalue weighted by Crippen LogP contribution is 2.26. The van der Waals surface area contributed by atoms with Crippen LogP contribution < -0.4 is 16.4 Å². The summed E-state index contributed by atoms with van der Waals surface area (Å²) < 4.78 is 0. The molecule has 2 rings (SSSR count). The molecule has 2 unspecified atom stereocenters. The first kappa shape index (κ1) is 11.6. The standard InChI is InChI=1S/C11H17N5O/c1-7-2-3-8(11(13)17)5-16(7)10-4-9(12)14-6-15-10/h4,6-8H,2-3,5H2,1H3,(H2,13,17)(H2,12,14,15). The van der Waals surface area contributed by atoms with Gasteiger partial charge in [0, 0.05) is 18.7 Å². The number of carbonyl (C=O) groups is 1. The lowest BCUT2D eigenvalue weighted by Gasteiger charge is -2.37. The Bertz CT molecular complexity index is 422. The van der Waals surface area contributed by atoms with E-state index in [9.17, 15) is 4.79 Å². The van der Waals surface area contributed by atoms with Crippen molar-refractivity contribution in [1.29, 1.82) is 0 Å². The summed E-state index contributed by atoms with van der Waals surface area (Å²) in [6.45, 7) is 2.71. The van der Waals surface area contributed by atoms with Crippen LogP contribution in [0.1, 0.15) is 19.8 Å². The lowest BCUT2D eigenvalue weighted by Crippen LogP contribution is -2.46. The Kier molecular flexibility index (Phi) is 3.12. The molecule has 1 aliphatic rings. The van der Waals surface area contributed by atoms with Gasteiger partial charge in [0.05, 0.1) is 5.92 Å². The van der Waals surface area contributed by atoms with Crippen molar-refractivity contribution < 1.29 is 4.79 Å². The van der Waals surface area contributed by atoms with E-state index in [0.29, 0.717) is 18.4 Å². The second kappa shape index (κ2) is 4.57. The molecule has 1 aliphatic heterocycles. The number of hydrogen-bond donors (Lipinski definition) is 2. The van der Waals surface area contributed by atoms with Gasteiger partial charge in [-0.25, -0.2) is 9.97 Å². The molecule has 1 saturated heterocycles. The molecule has 1 aromatic rings. The van der Waals surface area contributed by atoms with Gasteiger partial charge in [0.25, 0.3) is 0 Å². The van der Waals surface area contributed by atoms with E-state index in [1.807, 2.05) is 0 Å². The van der Waals surface area contributed by atoms with E-state index in [1.54, 1.807) is 6.07 Å². The van der Waals surface area contributed by atoms with Crippen LogP contribution in [0.2, 0.25) is 0 Å². The van der Waals surface area contributed by atoms with Crippen LogP contribution in [0, 0.1) is 5.92 Å². The zero-order chi connectivity index (χ0) is 12.4. The van der Waals surface area contributed by atoms with Crippen LogP contribution in [0.3, 0.4) is 0 Å². The SMILES string of the molecule is CC1CCC(C(N)=O)CN1c1cc(N)ncn1. The quantitative estimate of drug-likeness (QED) is 0.760. The fourth-order valence-electron chi connectivity index (χ4n) is 2.18. The maximum absolute atomic E-state index is 11.2. The van der Waals surface area contributed by atoms with Gasteiger partial charge < -0.3 is 16.4 Å². The molecular weight excluding hydrogens is 218 g/mol. The molecule has 0 saturated carbocycles. The van der Waals surface area contributed by atoms with Crippen LogP contribution in [-0.2, 0) is 4.79 Å². The van der Waals surface area contributed by atoms with Gasteiger partial charge in [0.15, 0.2) is 0 Å². The van der Waals surface area contributed by atoms with Crippen molar-refractivity contribution in [3.05, 3.63) is 12.4 Å². The molecule has 0 bridgehead atoms. The van der Waals surface area contributed by atoms with Crippen molar-refractivity contribution in [1.82, 2.24) is 9.97 Å². The number of primary amides is 1. The molecule has 4 N–H and O–H groups in total. The zero-order valence-electron chi connectivity index (χ0n) is 9.84. The third-order valence-corrected chi connectivity index (χ3v) is 3.25. The highest BCUT2D eigenvalue weighted by Gasteiger charge is 2.29. The van der Waals surface area contributed by atoms with Crippen LogP contribution in [0.15, 0.2) is 12.4 Å². The predicted molar refractivity (Wildman–Crippen MR) is 65.2 cm³/mol. The largest absolute Gasteiger partial charge is 0.384 e. The Balaban J connectivity index is 2.20. The molecule has 2 heterocycles. The van der Waals surface area contributed by atoms with E-state index < -0.39 is 0 Å². The Labute approximate surface area is 100 Å². The highest BCUT2D eigenvalue weighted by molar-refractivity contribution is 5.77. The van der Waals surface area contributed by atoms with Crippen LogP contribution in [0.4, 0.5) is 11.6 Å². The van der Waals surface area contributed by atoms with Crippen molar-refractivity contribution in [3.63, 3.8) is 0 Å². The molecule has 2 atom stereocenters. The van der Waals surface area contributed by atoms with Gasteiger partial charge >= 0.3 is 0 Å². The highest BCUT2D eigenvalue weighted by atomic mass is 16.1. The molecule has 0 spiro atoms. The van der Waals surface area contributed by atoms with Gasteiger partial charge in [-0.2, -0.15) is 0 Å². The van der Waals surface area contributed by atoms with Gasteiger partial charge in [-0.1, -0.05) is 0 Å². The van der Waals surface area contributed by atoms with Crippen molar-refractivity contribution in [2.24, 2.45) is 11.7 Å². The van der Waals surface area contributed by atoms with E-state index in [0.717, 1.165) is 18.7 Å². The first-order valence-electron chi connectivity index (χ1n) is 5.71. The van der Waals surface area contributed by atoms with Crippen molar-refractivity contribution in [2.75, 3.05) is 17.2 Å². The van der Waals surface area contributed by atoms with Crippen molar-refractivity contribution >= 4 is 17.5 Å². The van der Waals surface area contributed by atoms with E-state index >= 15 is 0 Å². The number of hydrogen-bond acceptors (Lipinski definition) is 5. The van der Waals surface area contributed by atoms with Crippen LogP contribution >= 0.6 is 0 Å². The number of rotatable bonds is 2. The summed E-state index contributed by atoms with van der Waals surface area (Å²) in [7, 11) is 0. The molecule has 0 aromatic carbocycles. The third kappa shape index (κ3) is 2.46. The molecule has 1 amide bonds. The van der Waals surface area contributed by atoms with Crippen LogP contribution in [0.25, 0.3) is 0 Å². The minimum absolute atomic E-state index is 0.109. The van der Waals surface area contributed by atoms with E-state index in [-0.39, 0.29) is 11.8 Å². The first-order valence-corrected chi connectivity index (χ1v) is 5.71. The molecule has 92 valence electrons. The summed E-state index contributed by atoms with van der Waals surface area (Å²) in [5.74, 6) is 0.839. The van der Waals surface area contributed by atoms with Crippen LogP contribution in [-0.4, -0.2) is 28.5 Å². The molecule has 6 heteroatoms. The number of nitrogen functional groups attached to an aromatic ring is 1. The number of nitrogens with zero attached hydrogens (tertiary/aromatic N) is 3. The molecule has 0 aliphatic carbocycles. The van der Waals surface area contributed by atoms with Gasteiger partial charge in [-0.05, 0) is 19.8 Å². The van der Waals surface area contributed by atoms with Crippen molar-refractivity contribution in [3.8, 4) is 0 Å². The minimum atomic E-state index is -0.246. The Morgan fingerprint density at radius 1 is 1.47 bits per heavy atom. The predicted octanol–water partition coefficient (Wildman–Crippen LogP) is 0.149. The second-order valence-electron chi connectivity index (χ2n) is 4.48. The van der Waals surface area contributed by atoms with E-state index in [1.165, 1.54) is 6.33 Å². The first-order chi connectivity index (χ1) is 8.08. The molecule has 1 aromatic heterocycles. The molecule has 0 radical (unpaired) electrons. The lowest BCUT2D eigenvalue weighted by atomic mass is 9.93. The number of nitrogens with two attached hydrogens (primary N) is 2. The monoisotopic (exact) mass is 235 g/mol. The normalized spacial score (nSPS) is 24.6. The minimum Gasteiger partial charge on any atom is -0.384 e. The summed E-state index contributed by atoms with van der Waals surface area (Å²) >= 11 is 0. The number of amides is 1. The molecular formula is C11H17N5O.